The van der Waals surface area contributed by atoms with E-state index in [1.807, 2.05) is 0 Å². The van der Waals surface area contributed by atoms with Gasteiger partial charge in [-0.05, 0) is 54.2 Å². The highest BCUT2D eigenvalue weighted by Crippen LogP contribution is 2.22. The number of nitrogens with zero attached hydrogens (tertiary/aromatic N) is 1. The first-order valence-electron chi connectivity index (χ1n) is 8.59. The van der Waals surface area contributed by atoms with Crippen LogP contribution in [0.15, 0.2) is 42.5 Å². The molecule has 0 saturated carbocycles. The van der Waals surface area contributed by atoms with E-state index in [2.05, 4.69) is 0 Å². The second kappa shape index (κ2) is 8.27. The van der Waals surface area contributed by atoms with Crippen molar-refractivity contribution >= 4 is 5.91 Å². The molecule has 6 heteroatoms. The number of benzene rings is 2. The summed E-state index contributed by atoms with van der Waals surface area (Å²) in [4.78, 5) is 14.0. The highest BCUT2D eigenvalue weighted by atomic mass is 19.1. The standard InChI is InChI=1S/C20H21F2NO3/c21-17-8-16(9-18(22)10-17)7-15-5-6-23(11-15)20(25)13-26-19-3-1-14(12-24)2-4-19/h1-4,8-10,15,24H,5-7,11-13H2. The van der Waals surface area contributed by atoms with Crippen LogP contribution in [-0.2, 0) is 17.8 Å². The van der Waals surface area contributed by atoms with Gasteiger partial charge >= 0.3 is 0 Å². The zero-order valence-corrected chi connectivity index (χ0v) is 14.3. The maximum atomic E-state index is 13.3. The van der Waals surface area contributed by atoms with Gasteiger partial charge in [0.05, 0.1) is 6.61 Å². The lowest BCUT2D eigenvalue weighted by atomic mass is 9.98. The third kappa shape index (κ3) is 4.79. The van der Waals surface area contributed by atoms with Crippen molar-refractivity contribution in [3.8, 4) is 5.75 Å². The fraction of sp³-hybridized carbons (Fsp3) is 0.350. The van der Waals surface area contributed by atoms with E-state index >= 15 is 0 Å². The SMILES string of the molecule is O=C(COc1ccc(CO)cc1)N1CCC(Cc2cc(F)cc(F)c2)C1. The van der Waals surface area contributed by atoms with E-state index < -0.39 is 11.6 Å². The normalized spacial score (nSPS) is 16.7. The predicted molar refractivity (Wildman–Crippen MR) is 92.6 cm³/mol. The molecular weight excluding hydrogens is 340 g/mol. The molecule has 1 aliphatic rings. The number of ether oxygens (including phenoxy) is 1. The molecule has 0 aromatic heterocycles. The second-order valence-corrected chi connectivity index (χ2v) is 6.57. The number of rotatable bonds is 6. The first kappa shape index (κ1) is 18.3. The van der Waals surface area contributed by atoms with Gasteiger partial charge in [-0.25, -0.2) is 8.78 Å². The maximum absolute atomic E-state index is 13.3. The molecule has 1 heterocycles. The Bertz CT molecular complexity index is 744. The van der Waals surface area contributed by atoms with Crippen LogP contribution in [0, 0.1) is 17.6 Å². The number of aliphatic hydroxyl groups is 1. The van der Waals surface area contributed by atoms with Gasteiger partial charge in [0.25, 0.3) is 5.91 Å². The molecule has 26 heavy (non-hydrogen) atoms. The van der Waals surface area contributed by atoms with Crippen LogP contribution in [0.5, 0.6) is 5.75 Å². The van der Waals surface area contributed by atoms with Crippen LogP contribution in [0.2, 0.25) is 0 Å². The van der Waals surface area contributed by atoms with Gasteiger partial charge in [0.1, 0.15) is 17.4 Å². The molecule has 1 saturated heterocycles. The first-order chi connectivity index (χ1) is 12.5. The van der Waals surface area contributed by atoms with E-state index in [1.54, 1.807) is 29.2 Å². The minimum atomic E-state index is -0.577. The second-order valence-electron chi connectivity index (χ2n) is 6.57. The van der Waals surface area contributed by atoms with Gasteiger partial charge in [-0.3, -0.25) is 4.79 Å². The van der Waals surface area contributed by atoms with Crippen molar-refractivity contribution in [1.82, 2.24) is 4.90 Å². The molecule has 0 bridgehead atoms. The maximum Gasteiger partial charge on any atom is 0.260 e. The molecule has 4 nitrogen and oxygen atoms in total. The molecule has 2 aromatic rings. The van der Waals surface area contributed by atoms with Crippen LogP contribution in [0.4, 0.5) is 8.78 Å². The molecule has 1 fully saturated rings. The van der Waals surface area contributed by atoms with Gasteiger partial charge in [0.2, 0.25) is 0 Å². The van der Waals surface area contributed by atoms with E-state index in [-0.39, 0.29) is 25.0 Å². The lowest BCUT2D eigenvalue weighted by Crippen LogP contribution is -2.33. The number of halogens is 2. The zero-order valence-electron chi connectivity index (χ0n) is 14.3. The number of carbonyl (C=O) groups is 1. The number of hydrogen-bond acceptors (Lipinski definition) is 3. The van der Waals surface area contributed by atoms with E-state index in [9.17, 15) is 13.6 Å². The van der Waals surface area contributed by atoms with Gasteiger partial charge in [0, 0.05) is 19.2 Å². The largest absolute Gasteiger partial charge is 0.484 e. The van der Waals surface area contributed by atoms with Gasteiger partial charge in [-0.15, -0.1) is 0 Å². The van der Waals surface area contributed by atoms with Crippen molar-refractivity contribution in [3.63, 3.8) is 0 Å². The highest BCUT2D eigenvalue weighted by Gasteiger charge is 2.26. The monoisotopic (exact) mass is 361 g/mol. The lowest BCUT2D eigenvalue weighted by molar-refractivity contribution is -0.132. The molecular formula is C20H21F2NO3. The van der Waals surface area contributed by atoms with E-state index in [0.717, 1.165) is 18.1 Å². The third-order valence-corrected chi connectivity index (χ3v) is 4.55. The quantitative estimate of drug-likeness (QED) is 0.861. The fourth-order valence-electron chi connectivity index (χ4n) is 3.22. The number of carbonyl (C=O) groups excluding carboxylic acids is 1. The average molecular weight is 361 g/mol. The van der Waals surface area contributed by atoms with Gasteiger partial charge in [-0.2, -0.15) is 0 Å². The average Bonchev–Trinajstić information content (AvgIpc) is 3.07. The van der Waals surface area contributed by atoms with E-state index in [1.165, 1.54) is 12.1 Å². The Balaban J connectivity index is 1.48. The van der Waals surface area contributed by atoms with Crippen molar-refractivity contribution in [2.24, 2.45) is 5.92 Å². The Morgan fingerprint density at radius 1 is 1.12 bits per heavy atom. The summed E-state index contributed by atoms with van der Waals surface area (Å²) in [6, 6.07) is 10.4. The zero-order chi connectivity index (χ0) is 18.5. The van der Waals surface area contributed by atoms with E-state index in [4.69, 9.17) is 9.84 Å². The Kier molecular flexibility index (Phi) is 5.83. The van der Waals surface area contributed by atoms with Gasteiger partial charge < -0.3 is 14.7 Å². The molecule has 1 atom stereocenters. The van der Waals surface area contributed by atoms with Crippen LogP contribution < -0.4 is 4.74 Å². The Labute approximate surface area is 151 Å². The topological polar surface area (TPSA) is 49.8 Å². The molecule has 138 valence electrons. The number of aliphatic hydroxyl groups excluding tert-OH is 1. The number of likely N-dealkylation sites (tertiary alicyclic amines) is 1. The number of amides is 1. The molecule has 0 radical (unpaired) electrons. The predicted octanol–water partition coefficient (Wildman–Crippen LogP) is 2.93. The molecule has 2 aromatic carbocycles. The summed E-state index contributed by atoms with van der Waals surface area (Å²) in [5.74, 6) is -0.507. The van der Waals surface area contributed by atoms with Crippen molar-refractivity contribution < 1.29 is 23.4 Å². The summed E-state index contributed by atoms with van der Waals surface area (Å²) in [6.45, 7) is 1.08. The van der Waals surface area contributed by atoms with Gasteiger partial charge in [-0.1, -0.05) is 12.1 Å². The summed E-state index contributed by atoms with van der Waals surface area (Å²) < 4.78 is 32.1. The van der Waals surface area contributed by atoms with Crippen LogP contribution >= 0.6 is 0 Å². The van der Waals surface area contributed by atoms with Crippen molar-refractivity contribution in [2.75, 3.05) is 19.7 Å². The Morgan fingerprint density at radius 3 is 2.46 bits per heavy atom. The minimum Gasteiger partial charge on any atom is -0.484 e. The van der Waals surface area contributed by atoms with Crippen LogP contribution in [0.3, 0.4) is 0 Å². The van der Waals surface area contributed by atoms with Gasteiger partial charge in [0.15, 0.2) is 6.61 Å². The fourth-order valence-corrected chi connectivity index (χ4v) is 3.22. The third-order valence-electron chi connectivity index (χ3n) is 4.55. The Hall–Kier alpha value is -2.47. The molecule has 0 spiro atoms. The Morgan fingerprint density at radius 2 is 1.81 bits per heavy atom. The smallest absolute Gasteiger partial charge is 0.260 e. The summed E-state index contributed by atoms with van der Waals surface area (Å²) in [7, 11) is 0. The van der Waals surface area contributed by atoms with Crippen molar-refractivity contribution in [3.05, 3.63) is 65.2 Å². The van der Waals surface area contributed by atoms with Crippen molar-refractivity contribution in [1.29, 1.82) is 0 Å². The molecule has 1 unspecified atom stereocenters. The lowest BCUT2D eigenvalue weighted by Gasteiger charge is -2.17. The van der Waals surface area contributed by atoms with Crippen LogP contribution in [0.25, 0.3) is 0 Å². The molecule has 1 amide bonds. The summed E-state index contributed by atoms with van der Waals surface area (Å²) >= 11 is 0. The first-order valence-corrected chi connectivity index (χ1v) is 8.59. The molecule has 3 rings (SSSR count). The molecule has 1 N–H and O–H groups in total. The highest BCUT2D eigenvalue weighted by molar-refractivity contribution is 5.78. The summed E-state index contributed by atoms with van der Waals surface area (Å²) in [5.41, 5.74) is 1.39. The molecule has 0 aliphatic carbocycles. The van der Waals surface area contributed by atoms with Crippen LogP contribution in [-0.4, -0.2) is 35.6 Å². The van der Waals surface area contributed by atoms with E-state index in [0.29, 0.717) is 30.8 Å². The minimum absolute atomic E-state index is 0.0381. The number of hydrogen-bond donors (Lipinski definition) is 1. The summed E-state index contributed by atoms with van der Waals surface area (Å²) in [5, 5.41) is 9.01. The van der Waals surface area contributed by atoms with Crippen molar-refractivity contribution in [2.45, 2.75) is 19.4 Å². The molecule has 1 aliphatic heterocycles. The van der Waals surface area contributed by atoms with Crippen LogP contribution in [0.1, 0.15) is 17.5 Å². The summed E-state index contributed by atoms with van der Waals surface area (Å²) in [6.07, 6.45) is 1.34.